The van der Waals surface area contributed by atoms with Crippen LogP contribution in [0.3, 0.4) is 0 Å². The minimum Gasteiger partial charge on any atom is -0.497 e. The van der Waals surface area contributed by atoms with E-state index in [9.17, 15) is 0 Å². The standard InChI is InChI=1S/C15H25NO3/c1-4-15(16-13(9-10-17)11-18-2)12-5-7-14(19-3)8-6-12/h5-8,13,15-17H,4,9-11H2,1-3H3. The molecule has 0 fully saturated rings. The molecule has 0 aliphatic carbocycles. The summed E-state index contributed by atoms with van der Waals surface area (Å²) in [5, 5.41) is 12.6. The highest BCUT2D eigenvalue weighted by Crippen LogP contribution is 2.21. The molecule has 19 heavy (non-hydrogen) atoms. The summed E-state index contributed by atoms with van der Waals surface area (Å²) in [5.74, 6) is 0.863. The fourth-order valence-electron chi connectivity index (χ4n) is 2.14. The van der Waals surface area contributed by atoms with E-state index in [2.05, 4.69) is 24.4 Å². The van der Waals surface area contributed by atoms with Crippen LogP contribution in [0.15, 0.2) is 24.3 Å². The maximum Gasteiger partial charge on any atom is 0.118 e. The number of benzene rings is 1. The van der Waals surface area contributed by atoms with E-state index < -0.39 is 0 Å². The highest BCUT2D eigenvalue weighted by Gasteiger charge is 2.15. The first kappa shape index (κ1) is 16.0. The van der Waals surface area contributed by atoms with Crippen LogP contribution in [-0.4, -0.2) is 38.6 Å². The molecular weight excluding hydrogens is 242 g/mol. The summed E-state index contributed by atoms with van der Waals surface area (Å²) in [6.45, 7) is 2.91. The molecule has 108 valence electrons. The SMILES string of the molecule is CCC(NC(CCO)COC)c1ccc(OC)cc1. The topological polar surface area (TPSA) is 50.7 Å². The summed E-state index contributed by atoms with van der Waals surface area (Å²) in [4.78, 5) is 0. The summed E-state index contributed by atoms with van der Waals surface area (Å²) in [6.07, 6.45) is 1.68. The Balaban J connectivity index is 2.69. The van der Waals surface area contributed by atoms with Gasteiger partial charge >= 0.3 is 0 Å². The first-order valence-corrected chi connectivity index (χ1v) is 6.74. The van der Waals surface area contributed by atoms with Gasteiger partial charge in [0.15, 0.2) is 0 Å². The molecule has 0 heterocycles. The van der Waals surface area contributed by atoms with Crippen molar-refractivity contribution in [1.29, 1.82) is 0 Å². The zero-order chi connectivity index (χ0) is 14.1. The molecule has 0 aliphatic heterocycles. The Labute approximate surface area is 115 Å². The molecule has 0 aliphatic rings. The van der Waals surface area contributed by atoms with Gasteiger partial charge in [0.25, 0.3) is 0 Å². The second-order valence-corrected chi connectivity index (χ2v) is 4.57. The first-order valence-electron chi connectivity index (χ1n) is 6.74. The van der Waals surface area contributed by atoms with E-state index in [1.807, 2.05) is 12.1 Å². The molecule has 1 rings (SSSR count). The van der Waals surface area contributed by atoms with Gasteiger partial charge in [0, 0.05) is 25.8 Å². The van der Waals surface area contributed by atoms with Crippen molar-refractivity contribution in [2.24, 2.45) is 0 Å². The Kier molecular flexibility index (Phi) is 7.48. The molecule has 4 heteroatoms. The smallest absolute Gasteiger partial charge is 0.118 e. The summed E-state index contributed by atoms with van der Waals surface area (Å²) in [6, 6.07) is 8.51. The van der Waals surface area contributed by atoms with Crippen LogP contribution in [-0.2, 0) is 4.74 Å². The zero-order valence-electron chi connectivity index (χ0n) is 12.1. The molecule has 2 N–H and O–H groups in total. The normalized spacial score (nSPS) is 14.1. The monoisotopic (exact) mass is 267 g/mol. The molecule has 0 saturated carbocycles. The molecule has 0 radical (unpaired) electrons. The highest BCUT2D eigenvalue weighted by molar-refractivity contribution is 5.29. The zero-order valence-corrected chi connectivity index (χ0v) is 12.1. The maximum absolute atomic E-state index is 9.08. The number of ether oxygens (including phenoxy) is 2. The quantitative estimate of drug-likeness (QED) is 0.719. The van der Waals surface area contributed by atoms with Crippen molar-refractivity contribution in [3.8, 4) is 5.75 Å². The van der Waals surface area contributed by atoms with E-state index in [4.69, 9.17) is 14.6 Å². The van der Waals surface area contributed by atoms with Gasteiger partial charge in [-0.1, -0.05) is 19.1 Å². The Hall–Kier alpha value is -1.10. The minimum absolute atomic E-state index is 0.167. The largest absolute Gasteiger partial charge is 0.497 e. The third-order valence-corrected chi connectivity index (χ3v) is 3.21. The van der Waals surface area contributed by atoms with Crippen LogP contribution in [0.4, 0.5) is 0 Å². The number of nitrogens with one attached hydrogen (secondary N) is 1. The minimum atomic E-state index is 0.167. The van der Waals surface area contributed by atoms with Gasteiger partial charge in [0.05, 0.1) is 13.7 Å². The number of rotatable bonds is 9. The number of aliphatic hydroxyl groups excluding tert-OH is 1. The van der Waals surface area contributed by atoms with Crippen molar-refractivity contribution in [3.05, 3.63) is 29.8 Å². The summed E-state index contributed by atoms with van der Waals surface area (Å²) in [7, 11) is 3.35. The van der Waals surface area contributed by atoms with E-state index in [-0.39, 0.29) is 18.7 Å². The third kappa shape index (κ3) is 5.19. The van der Waals surface area contributed by atoms with Gasteiger partial charge in [-0.2, -0.15) is 0 Å². The fourth-order valence-corrected chi connectivity index (χ4v) is 2.14. The van der Waals surface area contributed by atoms with Crippen molar-refractivity contribution in [1.82, 2.24) is 5.32 Å². The first-order chi connectivity index (χ1) is 9.24. The molecule has 0 spiro atoms. The van der Waals surface area contributed by atoms with Crippen LogP contribution >= 0.6 is 0 Å². The molecule has 4 nitrogen and oxygen atoms in total. The van der Waals surface area contributed by atoms with Crippen molar-refractivity contribution >= 4 is 0 Å². The van der Waals surface area contributed by atoms with Crippen LogP contribution in [0.2, 0.25) is 0 Å². The van der Waals surface area contributed by atoms with Crippen LogP contribution in [0, 0.1) is 0 Å². The molecular formula is C15H25NO3. The molecule has 0 amide bonds. The summed E-state index contributed by atoms with van der Waals surface area (Å²) >= 11 is 0. The van der Waals surface area contributed by atoms with Gasteiger partial charge < -0.3 is 19.9 Å². The van der Waals surface area contributed by atoms with Gasteiger partial charge in [-0.3, -0.25) is 0 Å². The average molecular weight is 267 g/mol. The summed E-state index contributed by atoms with van der Waals surface area (Å²) < 4.78 is 10.3. The third-order valence-electron chi connectivity index (χ3n) is 3.21. The Bertz CT molecular complexity index is 334. The predicted molar refractivity (Wildman–Crippen MR) is 76.5 cm³/mol. The van der Waals surface area contributed by atoms with Crippen LogP contribution in [0.5, 0.6) is 5.75 Å². The van der Waals surface area contributed by atoms with Gasteiger partial charge in [0.2, 0.25) is 0 Å². The number of methoxy groups -OCH3 is 2. The molecule has 0 aromatic heterocycles. The average Bonchev–Trinajstić information content (AvgIpc) is 2.45. The lowest BCUT2D eigenvalue weighted by atomic mass is 10.0. The van der Waals surface area contributed by atoms with Crippen molar-refractivity contribution in [3.63, 3.8) is 0 Å². The van der Waals surface area contributed by atoms with E-state index in [1.54, 1.807) is 14.2 Å². The lowest BCUT2D eigenvalue weighted by Gasteiger charge is -2.24. The van der Waals surface area contributed by atoms with Gasteiger partial charge in [-0.15, -0.1) is 0 Å². The van der Waals surface area contributed by atoms with Crippen molar-refractivity contribution in [2.75, 3.05) is 27.4 Å². The highest BCUT2D eigenvalue weighted by atomic mass is 16.5. The van der Waals surface area contributed by atoms with Crippen LogP contribution < -0.4 is 10.1 Å². The van der Waals surface area contributed by atoms with E-state index in [0.717, 1.165) is 12.2 Å². The Morgan fingerprint density at radius 1 is 1.21 bits per heavy atom. The summed E-state index contributed by atoms with van der Waals surface area (Å²) in [5.41, 5.74) is 1.22. The second-order valence-electron chi connectivity index (χ2n) is 4.57. The molecule has 1 aromatic carbocycles. The molecule has 2 atom stereocenters. The molecule has 1 aromatic rings. The van der Waals surface area contributed by atoms with Gasteiger partial charge in [-0.25, -0.2) is 0 Å². The van der Waals surface area contributed by atoms with Crippen LogP contribution in [0.1, 0.15) is 31.4 Å². The second kappa shape index (κ2) is 8.91. The van der Waals surface area contributed by atoms with Gasteiger partial charge in [-0.05, 0) is 30.5 Å². The van der Waals surface area contributed by atoms with E-state index in [1.165, 1.54) is 5.56 Å². The lowest BCUT2D eigenvalue weighted by molar-refractivity contribution is 0.142. The molecule has 2 unspecified atom stereocenters. The lowest BCUT2D eigenvalue weighted by Crippen LogP contribution is -2.36. The number of hydrogen-bond acceptors (Lipinski definition) is 4. The van der Waals surface area contributed by atoms with Gasteiger partial charge in [0.1, 0.15) is 5.75 Å². The van der Waals surface area contributed by atoms with E-state index in [0.29, 0.717) is 13.0 Å². The number of hydrogen-bond donors (Lipinski definition) is 2. The Morgan fingerprint density at radius 2 is 1.89 bits per heavy atom. The van der Waals surface area contributed by atoms with E-state index >= 15 is 0 Å². The van der Waals surface area contributed by atoms with Crippen LogP contribution in [0.25, 0.3) is 0 Å². The predicted octanol–water partition coefficient (Wildman–Crippen LogP) is 2.13. The van der Waals surface area contributed by atoms with Crippen molar-refractivity contribution in [2.45, 2.75) is 31.8 Å². The molecule has 0 bridgehead atoms. The number of aliphatic hydroxyl groups is 1. The van der Waals surface area contributed by atoms with Crippen molar-refractivity contribution < 1.29 is 14.6 Å². The Morgan fingerprint density at radius 3 is 2.37 bits per heavy atom. The fraction of sp³-hybridized carbons (Fsp3) is 0.600. The maximum atomic E-state index is 9.08. The molecule has 0 saturated heterocycles.